The first-order valence-corrected chi connectivity index (χ1v) is 19.2. The van der Waals surface area contributed by atoms with Crippen LogP contribution in [0.25, 0.3) is 111 Å². The van der Waals surface area contributed by atoms with Gasteiger partial charge in [0.1, 0.15) is 11.3 Å². The average Bonchev–Trinajstić information content (AvgIpc) is 3.69. The molecule has 11 rings (SSSR count). The lowest BCUT2D eigenvalue weighted by Crippen LogP contribution is -1.96. The van der Waals surface area contributed by atoms with Crippen LogP contribution in [0.15, 0.2) is 205 Å². The number of nitrogens with zero attached hydrogens (tertiary/aromatic N) is 3. The van der Waals surface area contributed by atoms with Crippen LogP contribution >= 0.6 is 0 Å². The minimum atomic E-state index is 0.652. The number of para-hydroxylation sites is 1. The molecule has 0 amide bonds. The van der Waals surface area contributed by atoms with Crippen molar-refractivity contribution in [2.45, 2.75) is 0 Å². The molecule has 8 aromatic carbocycles. The highest BCUT2D eigenvalue weighted by molar-refractivity contribution is 6.24. The molecule has 0 unspecified atom stereocenters. The van der Waals surface area contributed by atoms with Gasteiger partial charge in [0.05, 0.1) is 16.9 Å². The van der Waals surface area contributed by atoms with Crippen molar-refractivity contribution in [2.75, 3.05) is 0 Å². The van der Waals surface area contributed by atoms with E-state index in [9.17, 15) is 0 Å². The van der Waals surface area contributed by atoms with Crippen LogP contribution < -0.4 is 0 Å². The second-order valence-corrected chi connectivity index (χ2v) is 14.4. The van der Waals surface area contributed by atoms with Gasteiger partial charge in [-0.1, -0.05) is 188 Å². The number of fused-ring (bicyclic) bond motifs is 7. The van der Waals surface area contributed by atoms with Crippen LogP contribution in [0.4, 0.5) is 0 Å². The van der Waals surface area contributed by atoms with E-state index in [1.165, 1.54) is 11.1 Å². The van der Waals surface area contributed by atoms with Gasteiger partial charge in [0.15, 0.2) is 11.4 Å². The maximum Gasteiger partial charge on any atom is 0.162 e. The third kappa shape index (κ3) is 5.83. The largest absolute Gasteiger partial charge is 0.454 e. The lowest BCUT2D eigenvalue weighted by Gasteiger charge is -2.12. The first-order chi connectivity index (χ1) is 28.2. The molecule has 0 radical (unpaired) electrons. The van der Waals surface area contributed by atoms with E-state index in [0.717, 1.165) is 94.1 Å². The Hall–Kier alpha value is -7.69. The van der Waals surface area contributed by atoms with Gasteiger partial charge in [-0.25, -0.2) is 15.0 Å². The van der Waals surface area contributed by atoms with Crippen LogP contribution in [0, 0.1) is 0 Å². The van der Waals surface area contributed by atoms with Crippen molar-refractivity contribution >= 4 is 43.6 Å². The molecule has 0 fully saturated rings. The van der Waals surface area contributed by atoms with Crippen molar-refractivity contribution < 1.29 is 4.42 Å². The summed E-state index contributed by atoms with van der Waals surface area (Å²) in [6, 6.07) is 69.6. The SMILES string of the molecule is c1ccc(-c2ccc(-c3cc(-c4ccc(-c5ccccc5)cc4)nc(-c4ccc(-c5nc6c7ccccc7ccc6c6c5oc5ccccc56)cc4)n3)cc2)cc1. The average molecular weight is 728 g/mol. The molecule has 0 atom stereocenters. The fourth-order valence-corrected chi connectivity index (χ4v) is 7.99. The van der Waals surface area contributed by atoms with Crippen LogP contribution in [-0.2, 0) is 0 Å². The van der Waals surface area contributed by atoms with Gasteiger partial charge in [-0.15, -0.1) is 0 Å². The van der Waals surface area contributed by atoms with Gasteiger partial charge in [0, 0.05) is 43.8 Å². The van der Waals surface area contributed by atoms with Crippen LogP contribution in [0.2, 0.25) is 0 Å². The molecule has 266 valence electrons. The minimum absolute atomic E-state index is 0.652. The topological polar surface area (TPSA) is 51.8 Å². The van der Waals surface area contributed by atoms with Crippen LogP contribution in [0.3, 0.4) is 0 Å². The monoisotopic (exact) mass is 727 g/mol. The van der Waals surface area contributed by atoms with E-state index in [4.69, 9.17) is 19.4 Å². The summed E-state index contributed by atoms with van der Waals surface area (Å²) in [5.41, 5.74) is 13.7. The van der Waals surface area contributed by atoms with Crippen molar-refractivity contribution in [1.82, 2.24) is 15.0 Å². The maximum absolute atomic E-state index is 6.59. The van der Waals surface area contributed by atoms with E-state index >= 15 is 0 Å². The molecule has 0 N–H and O–H groups in total. The first kappa shape index (κ1) is 32.7. The standard InChI is InChI=1S/C53H33N3O/c1-3-11-34(12-4-1)36-19-23-39(24-20-36)46-33-47(40-25-21-37(22-26-40)35-13-5-2-6-14-35)55-53(54-46)42-29-27-41(28-30-42)50-52-49(44-17-9-10-18-48(44)57-52)45-32-31-38-15-7-8-16-43(38)51(45)56-50/h1-33H. The maximum atomic E-state index is 6.59. The Morgan fingerprint density at radius 3 is 1.46 bits per heavy atom. The molecular formula is C53H33N3O. The van der Waals surface area contributed by atoms with Gasteiger partial charge < -0.3 is 4.42 Å². The van der Waals surface area contributed by atoms with E-state index in [-0.39, 0.29) is 0 Å². The second-order valence-electron chi connectivity index (χ2n) is 14.4. The Kier molecular flexibility index (Phi) is 7.78. The Morgan fingerprint density at radius 1 is 0.333 bits per heavy atom. The van der Waals surface area contributed by atoms with Gasteiger partial charge in [0.25, 0.3) is 0 Å². The van der Waals surface area contributed by atoms with Crippen molar-refractivity contribution in [2.24, 2.45) is 0 Å². The van der Waals surface area contributed by atoms with Crippen LogP contribution in [0.5, 0.6) is 0 Å². The lowest BCUT2D eigenvalue weighted by atomic mass is 9.99. The molecule has 0 saturated heterocycles. The van der Waals surface area contributed by atoms with Gasteiger partial charge >= 0.3 is 0 Å². The van der Waals surface area contributed by atoms with E-state index in [2.05, 4.69) is 176 Å². The van der Waals surface area contributed by atoms with E-state index < -0.39 is 0 Å². The third-order valence-corrected chi connectivity index (χ3v) is 10.9. The molecule has 4 heteroatoms. The molecule has 3 aromatic heterocycles. The molecule has 0 saturated carbocycles. The molecule has 0 spiro atoms. The zero-order valence-electron chi connectivity index (χ0n) is 30.8. The Balaban J connectivity index is 1.04. The summed E-state index contributed by atoms with van der Waals surface area (Å²) in [4.78, 5) is 15.7. The summed E-state index contributed by atoms with van der Waals surface area (Å²) in [6.07, 6.45) is 0. The van der Waals surface area contributed by atoms with Gasteiger partial charge in [-0.2, -0.15) is 0 Å². The summed E-state index contributed by atoms with van der Waals surface area (Å²) >= 11 is 0. The molecule has 0 aliphatic heterocycles. The predicted molar refractivity (Wildman–Crippen MR) is 235 cm³/mol. The van der Waals surface area contributed by atoms with Gasteiger partial charge in [0.2, 0.25) is 0 Å². The minimum Gasteiger partial charge on any atom is -0.454 e. The number of hydrogen-bond acceptors (Lipinski definition) is 4. The van der Waals surface area contributed by atoms with Gasteiger partial charge in [-0.3, -0.25) is 0 Å². The number of hydrogen-bond donors (Lipinski definition) is 0. The number of pyridine rings is 1. The van der Waals surface area contributed by atoms with Crippen molar-refractivity contribution in [1.29, 1.82) is 0 Å². The fraction of sp³-hybridized carbons (Fsp3) is 0. The zero-order chi connectivity index (χ0) is 37.7. The number of furan rings is 1. The van der Waals surface area contributed by atoms with Crippen molar-refractivity contribution in [3.8, 4) is 67.4 Å². The highest BCUT2D eigenvalue weighted by Crippen LogP contribution is 2.41. The molecule has 0 aliphatic rings. The molecular weight excluding hydrogens is 695 g/mol. The van der Waals surface area contributed by atoms with E-state index in [0.29, 0.717) is 5.82 Å². The quantitative estimate of drug-likeness (QED) is 0.160. The molecule has 4 nitrogen and oxygen atoms in total. The molecule has 0 aliphatic carbocycles. The lowest BCUT2D eigenvalue weighted by molar-refractivity contribution is 0.669. The smallest absolute Gasteiger partial charge is 0.162 e. The Bertz CT molecular complexity index is 3140. The van der Waals surface area contributed by atoms with Crippen LogP contribution in [-0.4, -0.2) is 15.0 Å². The van der Waals surface area contributed by atoms with Crippen LogP contribution in [0.1, 0.15) is 0 Å². The number of aromatic nitrogens is 3. The Morgan fingerprint density at radius 2 is 0.825 bits per heavy atom. The first-order valence-electron chi connectivity index (χ1n) is 19.2. The van der Waals surface area contributed by atoms with E-state index in [1.807, 2.05) is 24.3 Å². The highest BCUT2D eigenvalue weighted by atomic mass is 16.3. The molecule has 11 aromatic rings. The second kappa shape index (κ2) is 13.6. The summed E-state index contributed by atoms with van der Waals surface area (Å²) in [6.45, 7) is 0. The zero-order valence-corrected chi connectivity index (χ0v) is 30.8. The number of benzene rings is 8. The summed E-state index contributed by atoms with van der Waals surface area (Å²) in [5.74, 6) is 0.652. The normalized spacial score (nSPS) is 11.5. The third-order valence-electron chi connectivity index (χ3n) is 10.9. The molecule has 0 bridgehead atoms. The summed E-state index contributed by atoms with van der Waals surface area (Å²) in [7, 11) is 0. The van der Waals surface area contributed by atoms with Crippen molar-refractivity contribution in [3.05, 3.63) is 200 Å². The Labute approximate surface area is 329 Å². The fourth-order valence-electron chi connectivity index (χ4n) is 7.99. The predicted octanol–water partition coefficient (Wildman–Crippen LogP) is 14.1. The van der Waals surface area contributed by atoms with Crippen molar-refractivity contribution in [3.63, 3.8) is 0 Å². The van der Waals surface area contributed by atoms with Gasteiger partial charge in [-0.05, 0) is 39.8 Å². The number of rotatable bonds is 6. The van der Waals surface area contributed by atoms with E-state index in [1.54, 1.807) is 0 Å². The molecule has 3 heterocycles. The summed E-state index contributed by atoms with van der Waals surface area (Å²) < 4.78 is 6.59. The highest BCUT2D eigenvalue weighted by Gasteiger charge is 2.19. The molecule has 57 heavy (non-hydrogen) atoms. The summed E-state index contributed by atoms with van der Waals surface area (Å²) in [5, 5.41) is 5.52.